The number of nitrogens with one attached hydrogen (secondary N) is 2. The van der Waals surface area contributed by atoms with Crippen molar-refractivity contribution in [1.82, 2.24) is 10.6 Å². The van der Waals surface area contributed by atoms with Gasteiger partial charge in [-0.2, -0.15) is 0 Å². The van der Waals surface area contributed by atoms with E-state index >= 15 is 0 Å². The molecule has 6 heteroatoms. The van der Waals surface area contributed by atoms with Gasteiger partial charge in [0.15, 0.2) is 0 Å². The van der Waals surface area contributed by atoms with E-state index < -0.39 is 6.04 Å². The minimum atomic E-state index is -0.716. The Labute approximate surface area is 193 Å². The lowest BCUT2D eigenvalue weighted by Gasteiger charge is -2.38. The van der Waals surface area contributed by atoms with Gasteiger partial charge in [0.05, 0.1) is 0 Å². The first-order chi connectivity index (χ1) is 14.9. The minimum Gasteiger partial charge on any atom is -0.381 e. The summed E-state index contributed by atoms with van der Waals surface area (Å²) in [6.45, 7) is 5.80. The van der Waals surface area contributed by atoms with Crippen LogP contribution in [0, 0.1) is 5.92 Å². The Morgan fingerprint density at radius 2 is 1.77 bits per heavy atom. The highest BCUT2D eigenvalue weighted by Crippen LogP contribution is 2.35. The number of amides is 2. The zero-order valence-corrected chi connectivity index (χ0v) is 19.8. The van der Waals surface area contributed by atoms with E-state index in [1.54, 1.807) is 0 Å². The van der Waals surface area contributed by atoms with Gasteiger partial charge in [-0.3, -0.25) is 9.59 Å². The van der Waals surface area contributed by atoms with Crippen LogP contribution in [0.25, 0.3) is 0 Å². The van der Waals surface area contributed by atoms with E-state index in [1.165, 1.54) is 5.56 Å². The molecule has 31 heavy (non-hydrogen) atoms. The van der Waals surface area contributed by atoms with E-state index in [1.807, 2.05) is 56.3 Å². The number of halogens is 1. The molecule has 1 fully saturated rings. The molecule has 2 aromatic rings. The topological polar surface area (TPSA) is 67.4 Å². The van der Waals surface area contributed by atoms with Crippen LogP contribution in [0.1, 0.15) is 50.3 Å². The molecule has 0 aliphatic carbocycles. The Balaban J connectivity index is 1.78. The molecule has 5 nitrogen and oxygen atoms in total. The first-order valence-corrected chi connectivity index (χ1v) is 11.6. The van der Waals surface area contributed by atoms with Gasteiger partial charge in [0.2, 0.25) is 11.8 Å². The summed E-state index contributed by atoms with van der Waals surface area (Å²) in [5.74, 6) is -0.0857. The van der Waals surface area contributed by atoms with Crippen LogP contribution in [0.4, 0.5) is 0 Å². The molecule has 0 saturated carbocycles. The van der Waals surface area contributed by atoms with Crippen LogP contribution in [0.15, 0.2) is 59.1 Å². The molecule has 0 spiro atoms. The third-order valence-electron chi connectivity index (χ3n) is 5.78. The Morgan fingerprint density at radius 1 is 1.06 bits per heavy atom. The van der Waals surface area contributed by atoms with Crippen LogP contribution in [-0.2, 0) is 19.7 Å². The normalized spacial score (nSPS) is 16.5. The highest BCUT2D eigenvalue weighted by Gasteiger charge is 2.36. The summed E-state index contributed by atoms with van der Waals surface area (Å²) >= 11 is 3.57. The first kappa shape index (κ1) is 23.5. The minimum absolute atomic E-state index is 0.119. The molecule has 0 bridgehead atoms. The standard InChI is InChI=1S/C25H31BrN2O3/c1-18(2)15-22(29)28-23(19-7-4-3-5-8-19)24(30)27-17-25(11-13-31-14-12-25)20-9-6-10-21(26)16-20/h3-10,16,18,23H,11-15,17H2,1-2H3,(H,27,30)(H,28,29). The summed E-state index contributed by atoms with van der Waals surface area (Å²) in [7, 11) is 0. The van der Waals surface area contributed by atoms with Gasteiger partial charge in [0.25, 0.3) is 0 Å². The van der Waals surface area contributed by atoms with E-state index in [0.29, 0.717) is 26.2 Å². The third kappa shape index (κ3) is 6.40. The summed E-state index contributed by atoms with van der Waals surface area (Å²) in [6.07, 6.45) is 2.05. The molecule has 1 saturated heterocycles. The molecule has 2 aromatic carbocycles. The van der Waals surface area contributed by atoms with E-state index in [0.717, 1.165) is 22.9 Å². The van der Waals surface area contributed by atoms with Crippen LogP contribution >= 0.6 is 15.9 Å². The van der Waals surface area contributed by atoms with Crippen LogP contribution in [0.2, 0.25) is 0 Å². The average molecular weight is 487 g/mol. The number of hydrogen-bond acceptors (Lipinski definition) is 3. The molecule has 1 heterocycles. The van der Waals surface area contributed by atoms with Gasteiger partial charge in [-0.25, -0.2) is 0 Å². The van der Waals surface area contributed by atoms with Crippen molar-refractivity contribution in [2.45, 2.75) is 44.6 Å². The number of carbonyl (C=O) groups is 2. The Kier molecular flexibility index (Phi) is 8.27. The second kappa shape index (κ2) is 10.9. The Morgan fingerprint density at radius 3 is 2.42 bits per heavy atom. The van der Waals surface area contributed by atoms with Crippen molar-refractivity contribution in [3.63, 3.8) is 0 Å². The second-order valence-corrected chi connectivity index (χ2v) is 9.55. The highest BCUT2D eigenvalue weighted by molar-refractivity contribution is 9.10. The quantitative estimate of drug-likeness (QED) is 0.576. The predicted molar refractivity (Wildman–Crippen MR) is 126 cm³/mol. The maximum Gasteiger partial charge on any atom is 0.247 e. The lowest BCUT2D eigenvalue weighted by atomic mass is 9.74. The fraction of sp³-hybridized carbons (Fsp3) is 0.440. The molecule has 2 N–H and O–H groups in total. The van der Waals surface area contributed by atoms with Crippen molar-refractivity contribution in [1.29, 1.82) is 0 Å². The fourth-order valence-electron chi connectivity index (χ4n) is 4.04. The second-order valence-electron chi connectivity index (χ2n) is 8.63. The van der Waals surface area contributed by atoms with Gasteiger partial charge in [0, 0.05) is 36.1 Å². The molecule has 1 aliphatic heterocycles. The van der Waals surface area contributed by atoms with Crippen molar-refractivity contribution in [3.8, 4) is 0 Å². The monoisotopic (exact) mass is 486 g/mol. The first-order valence-electron chi connectivity index (χ1n) is 10.9. The van der Waals surface area contributed by atoms with Gasteiger partial charge in [-0.15, -0.1) is 0 Å². The molecule has 1 aliphatic rings. The van der Waals surface area contributed by atoms with Crippen molar-refractivity contribution >= 4 is 27.7 Å². The van der Waals surface area contributed by atoms with Crippen LogP contribution in [0.5, 0.6) is 0 Å². The Hall–Kier alpha value is -2.18. The molecule has 2 amide bonds. The van der Waals surface area contributed by atoms with Crippen LogP contribution in [-0.4, -0.2) is 31.6 Å². The van der Waals surface area contributed by atoms with Crippen molar-refractivity contribution < 1.29 is 14.3 Å². The van der Waals surface area contributed by atoms with Crippen LogP contribution < -0.4 is 10.6 Å². The average Bonchev–Trinajstić information content (AvgIpc) is 2.76. The summed E-state index contributed by atoms with van der Waals surface area (Å²) in [5.41, 5.74) is 1.77. The molecule has 0 radical (unpaired) electrons. The van der Waals surface area contributed by atoms with Gasteiger partial charge in [-0.1, -0.05) is 72.2 Å². The van der Waals surface area contributed by atoms with E-state index in [4.69, 9.17) is 4.74 Å². The van der Waals surface area contributed by atoms with Gasteiger partial charge < -0.3 is 15.4 Å². The van der Waals surface area contributed by atoms with E-state index in [2.05, 4.69) is 38.7 Å². The lowest BCUT2D eigenvalue weighted by Crippen LogP contribution is -2.48. The van der Waals surface area contributed by atoms with E-state index in [-0.39, 0.29) is 23.1 Å². The fourth-order valence-corrected chi connectivity index (χ4v) is 4.44. The third-order valence-corrected chi connectivity index (χ3v) is 6.28. The van der Waals surface area contributed by atoms with Crippen molar-refractivity contribution in [3.05, 3.63) is 70.2 Å². The summed E-state index contributed by atoms with van der Waals surface area (Å²) in [5, 5.41) is 6.07. The van der Waals surface area contributed by atoms with Gasteiger partial charge in [0.1, 0.15) is 6.04 Å². The largest absolute Gasteiger partial charge is 0.381 e. The van der Waals surface area contributed by atoms with Gasteiger partial charge >= 0.3 is 0 Å². The van der Waals surface area contributed by atoms with Crippen molar-refractivity contribution in [2.24, 2.45) is 5.92 Å². The molecule has 3 rings (SSSR count). The van der Waals surface area contributed by atoms with E-state index in [9.17, 15) is 9.59 Å². The maximum atomic E-state index is 13.3. The predicted octanol–water partition coefficient (Wildman–Crippen LogP) is 4.52. The lowest BCUT2D eigenvalue weighted by molar-refractivity contribution is -0.129. The van der Waals surface area contributed by atoms with Gasteiger partial charge in [-0.05, 0) is 42.0 Å². The molecule has 1 unspecified atom stereocenters. The summed E-state index contributed by atoms with van der Waals surface area (Å²) in [6, 6.07) is 17.0. The smallest absolute Gasteiger partial charge is 0.247 e. The zero-order chi connectivity index (χ0) is 22.3. The molecule has 1 atom stereocenters. The van der Waals surface area contributed by atoms with Crippen molar-refractivity contribution in [2.75, 3.05) is 19.8 Å². The van der Waals surface area contributed by atoms with Crippen LogP contribution in [0.3, 0.4) is 0 Å². The summed E-state index contributed by atoms with van der Waals surface area (Å²) in [4.78, 5) is 25.7. The number of ether oxygens (including phenoxy) is 1. The molecular formula is C25H31BrN2O3. The molecule has 0 aromatic heterocycles. The highest BCUT2D eigenvalue weighted by atomic mass is 79.9. The maximum absolute atomic E-state index is 13.3. The molecular weight excluding hydrogens is 456 g/mol. The summed E-state index contributed by atoms with van der Waals surface area (Å²) < 4.78 is 6.63. The SMILES string of the molecule is CC(C)CC(=O)NC(C(=O)NCC1(c2cccc(Br)c2)CCOCC1)c1ccccc1. The number of carbonyl (C=O) groups excluding carboxylic acids is 2. The number of rotatable bonds is 8. The number of benzene rings is 2. The number of hydrogen-bond donors (Lipinski definition) is 2. The Bertz CT molecular complexity index is 879. The zero-order valence-electron chi connectivity index (χ0n) is 18.2. The molecule has 166 valence electrons.